The molecule has 0 bridgehead atoms. The van der Waals surface area contributed by atoms with E-state index in [4.69, 9.17) is 0 Å². The third-order valence-electron chi connectivity index (χ3n) is 1.76. The summed E-state index contributed by atoms with van der Waals surface area (Å²) >= 11 is 4.53. The summed E-state index contributed by atoms with van der Waals surface area (Å²) in [6, 6.07) is 2.00. The second-order valence-corrected chi connectivity index (χ2v) is 5.66. The first kappa shape index (κ1) is 14.5. The van der Waals surface area contributed by atoms with Gasteiger partial charge in [-0.1, -0.05) is 0 Å². The van der Waals surface area contributed by atoms with Crippen molar-refractivity contribution in [2.45, 2.75) is 5.75 Å². The number of aromatic nitrogens is 1. The van der Waals surface area contributed by atoms with Gasteiger partial charge in [0.1, 0.15) is 5.04 Å². The van der Waals surface area contributed by atoms with E-state index in [9.17, 15) is 10.1 Å². The molecule has 0 spiro atoms. The van der Waals surface area contributed by atoms with E-state index in [1.165, 1.54) is 23.3 Å². The predicted octanol–water partition coefficient (Wildman–Crippen LogP) is 2.41. The molecule has 0 N–H and O–H groups in total. The third kappa shape index (κ3) is 6.64. The van der Waals surface area contributed by atoms with Gasteiger partial charge in [0.15, 0.2) is 0 Å². The summed E-state index contributed by atoms with van der Waals surface area (Å²) in [7, 11) is 0. The van der Waals surface area contributed by atoms with Crippen LogP contribution in [0.5, 0.6) is 0 Å². The van der Waals surface area contributed by atoms with E-state index in [2.05, 4.69) is 9.37 Å². The molecular formula is C9H13N3O2S3. The van der Waals surface area contributed by atoms with Crippen LogP contribution in [0.25, 0.3) is 0 Å². The first-order chi connectivity index (χ1) is 8.22. The molecule has 8 heteroatoms. The zero-order chi connectivity index (χ0) is 12.5. The van der Waals surface area contributed by atoms with Crippen LogP contribution in [0.15, 0.2) is 16.4 Å². The van der Waals surface area contributed by atoms with Crippen molar-refractivity contribution in [1.29, 1.82) is 0 Å². The molecule has 1 aromatic rings. The molecule has 1 aromatic heterocycles. The Hall–Kier alpha value is -0.600. The van der Waals surface area contributed by atoms with Crippen LogP contribution in [-0.2, 0) is 5.75 Å². The molecule has 0 aromatic carbocycles. The zero-order valence-corrected chi connectivity index (χ0v) is 11.8. The first-order valence-corrected chi connectivity index (χ1v) is 8.10. The smallest absolute Gasteiger partial charge is 0.250 e. The van der Waals surface area contributed by atoms with Crippen LogP contribution in [0.2, 0.25) is 0 Å². The molecule has 0 radical (unpaired) electrons. The van der Waals surface area contributed by atoms with Gasteiger partial charge >= 0.3 is 0 Å². The van der Waals surface area contributed by atoms with Gasteiger partial charge in [-0.15, -0.1) is 11.8 Å². The molecule has 1 heterocycles. The Bertz CT molecular complexity index is 368. The van der Waals surface area contributed by atoms with Gasteiger partial charge < -0.3 is 0 Å². The number of nitro groups is 1. The Morgan fingerprint density at radius 3 is 3.12 bits per heavy atom. The van der Waals surface area contributed by atoms with Crippen molar-refractivity contribution in [3.8, 4) is 0 Å². The summed E-state index contributed by atoms with van der Waals surface area (Å²) in [5, 5.41) is 12.9. The average Bonchev–Trinajstić information content (AvgIpc) is 2.79. The van der Waals surface area contributed by atoms with Gasteiger partial charge in [0.2, 0.25) is 0 Å². The summed E-state index contributed by atoms with van der Waals surface area (Å²) in [6.45, 7) is 0.455. The predicted molar refractivity (Wildman–Crippen MR) is 76.0 cm³/mol. The maximum Gasteiger partial charge on any atom is 0.250 e. The molecule has 0 saturated heterocycles. The highest BCUT2D eigenvalue weighted by molar-refractivity contribution is 8.13. The molecule has 94 valence electrons. The van der Waals surface area contributed by atoms with Gasteiger partial charge in [0, 0.05) is 28.4 Å². The molecule has 1 rings (SSSR count). The highest BCUT2D eigenvalue weighted by atomic mass is 32.2. The standard InChI is InChI=1S/C9H13N3O2S3/c1-15-9(6-12(13)14)10-3-5-16-7-8-2-4-17-11-8/h2,4H,3,5-7H2,1H3. The number of aliphatic imine (C=N–C) groups is 1. The summed E-state index contributed by atoms with van der Waals surface area (Å²) in [5.41, 5.74) is 1.08. The highest BCUT2D eigenvalue weighted by Gasteiger charge is 2.04. The number of hydrogen-bond donors (Lipinski definition) is 0. The fourth-order valence-corrected chi connectivity index (χ4v) is 2.82. The van der Waals surface area contributed by atoms with Crippen molar-refractivity contribution in [3.05, 3.63) is 27.3 Å². The third-order valence-corrected chi connectivity index (χ3v) is 4.06. The van der Waals surface area contributed by atoms with E-state index in [0.717, 1.165) is 17.2 Å². The van der Waals surface area contributed by atoms with Crippen LogP contribution in [0.3, 0.4) is 0 Å². The van der Waals surface area contributed by atoms with E-state index in [1.807, 2.05) is 17.7 Å². The van der Waals surface area contributed by atoms with Crippen molar-refractivity contribution in [1.82, 2.24) is 4.37 Å². The van der Waals surface area contributed by atoms with Crippen LogP contribution in [0.4, 0.5) is 0 Å². The van der Waals surface area contributed by atoms with E-state index in [1.54, 1.807) is 11.8 Å². The Balaban J connectivity index is 2.17. The molecule has 0 aliphatic rings. The Kier molecular flexibility index (Phi) is 7.22. The maximum absolute atomic E-state index is 10.3. The van der Waals surface area contributed by atoms with Crippen LogP contribution in [-0.4, -0.2) is 39.4 Å². The summed E-state index contributed by atoms with van der Waals surface area (Å²) in [5.74, 6) is 1.74. The fourth-order valence-electron chi connectivity index (χ4n) is 1.01. The zero-order valence-electron chi connectivity index (χ0n) is 9.37. The number of nitrogens with zero attached hydrogens (tertiary/aromatic N) is 3. The maximum atomic E-state index is 10.3. The number of rotatable bonds is 7. The first-order valence-electron chi connectivity index (χ1n) is 4.88. The van der Waals surface area contributed by atoms with E-state index in [-0.39, 0.29) is 11.5 Å². The van der Waals surface area contributed by atoms with E-state index < -0.39 is 0 Å². The molecule has 0 amide bonds. The summed E-state index contributed by atoms with van der Waals surface area (Å²) < 4.78 is 4.20. The minimum atomic E-state index is -0.349. The summed E-state index contributed by atoms with van der Waals surface area (Å²) in [4.78, 5) is 14.2. The molecule has 5 nitrogen and oxygen atoms in total. The van der Waals surface area contributed by atoms with Crippen molar-refractivity contribution < 1.29 is 4.92 Å². The van der Waals surface area contributed by atoms with Gasteiger partial charge in [0.05, 0.1) is 5.69 Å². The monoisotopic (exact) mass is 291 g/mol. The molecule has 0 aliphatic heterocycles. The molecular weight excluding hydrogens is 278 g/mol. The summed E-state index contributed by atoms with van der Waals surface area (Å²) in [6.07, 6.45) is 1.81. The van der Waals surface area contributed by atoms with Gasteiger partial charge in [-0.3, -0.25) is 15.1 Å². The van der Waals surface area contributed by atoms with E-state index >= 15 is 0 Å². The lowest BCUT2D eigenvalue weighted by molar-refractivity contribution is -0.462. The molecule has 0 saturated carbocycles. The van der Waals surface area contributed by atoms with Crippen molar-refractivity contribution >= 4 is 40.1 Å². The molecule has 0 fully saturated rings. The minimum absolute atomic E-state index is 0.169. The average molecular weight is 291 g/mol. The molecule has 17 heavy (non-hydrogen) atoms. The van der Waals surface area contributed by atoms with Gasteiger partial charge in [-0.2, -0.15) is 16.1 Å². The molecule has 0 unspecified atom stereocenters. The van der Waals surface area contributed by atoms with E-state index in [0.29, 0.717) is 11.6 Å². The fraction of sp³-hybridized carbons (Fsp3) is 0.556. The highest BCUT2D eigenvalue weighted by Crippen LogP contribution is 2.11. The molecule has 0 aliphatic carbocycles. The van der Waals surface area contributed by atoms with Crippen LogP contribution in [0.1, 0.15) is 5.69 Å². The largest absolute Gasteiger partial charge is 0.275 e. The van der Waals surface area contributed by atoms with Gasteiger partial charge in [0.25, 0.3) is 6.54 Å². The van der Waals surface area contributed by atoms with Crippen LogP contribution in [0, 0.1) is 10.1 Å². The Morgan fingerprint density at radius 2 is 2.53 bits per heavy atom. The quantitative estimate of drug-likeness (QED) is 0.254. The number of hydrogen-bond acceptors (Lipinski definition) is 7. The normalized spacial score (nSPS) is 11.7. The minimum Gasteiger partial charge on any atom is -0.275 e. The lowest BCUT2D eigenvalue weighted by atomic mass is 10.5. The Labute approximate surface area is 112 Å². The molecule has 0 atom stereocenters. The van der Waals surface area contributed by atoms with Gasteiger partial charge in [-0.05, 0) is 23.9 Å². The van der Waals surface area contributed by atoms with Crippen molar-refractivity contribution in [3.63, 3.8) is 0 Å². The second-order valence-electron chi connectivity index (χ2n) is 3.01. The SMILES string of the molecule is CSC(C[N+](=O)[O-])=NCCSCc1ccsn1. The van der Waals surface area contributed by atoms with Crippen LogP contribution >= 0.6 is 35.1 Å². The lowest BCUT2D eigenvalue weighted by Crippen LogP contribution is -2.11. The van der Waals surface area contributed by atoms with Gasteiger partial charge in [-0.25, -0.2) is 0 Å². The van der Waals surface area contributed by atoms with Crippen molar-refractivity contribution in [2.24, 2.45) is 4.99 Å². The number of thioether (sulfide) groups is 2. The van der Waals surface area contributed by atoms with Crippen molar-refractivity contribution in [2.75, 3.05) is 25.1 Å². The topological polar surface area (TPSA) is 68.4 Å². The van der Waals surface area contributed by atoms with Crippen LogP contribution < -0.4 is 0 Å². The lowest BCUT2D eigenvalue weighted by Gasteiger charge is -1.99. The Morgan fingerprint density at radius 1 is 1.71 bits per heavy atom. The second kappa shape index (κ2) is 8.48.